The minimum absolute atomic E-state index is 0.492. The SMILES string of the molecule is COc1ccc(N2P(Cl)(Cl)(Cl)N(c3ccc(OC)cc3)P2(Cl)(Cl)Cl)cc1. The van der Waals surface area contributed by atoms with Crippen LogP contribution in [0.1, 0.15) is 0 Å². The molecule has 1 fully saturated rings. The van der Waals surface area contributed by atoms with Gasteiger partial charge in [-0.05, 0) is 0 Å². The molecule has 0 spiro atoms. The van der Waals surface area contributed by atoms with Gasteiger partial charge in [0.2, 0.25) is 0 Å². The number of nitrogens with zero attached hydrogens (tertiary/aromatic N) is 2. The van der Waals surface area contributed by atoms with Crippen molar-refractivity contribution in [1.82, 2.24) is 0 Å². The molecule has 0 radical (unpaired) electrons. The van der Waals surface area contributed by atoms with Crippen LogP contribution in [-0.4, -0.2) is 14.2 Å². The molecule has 0 bridgehead atoms. The van der Waals surface area contributed by atoms with Gasteiger partial charge in [-0.3, -0.25) is 0 Å². The second-order valence-corrected chi connectivity index (χ2v) is 25.3. The monoisotopic (exact) mass is 514 g/mol. The van der Waals surface area contributed by atoms with Gasteiger partial charge < -0.3 is 0 Å². The molecule has 0 N–H and O–H groups in total. The van der Waals surface area contributed by atoms with Gasteiger partial charge >= 0.3 is 181 Å². The molecule has 1 aliphatic rings. The third kappa shape index (κ3) is 3.17. The van der Waals surface area contributed by atoms with Gasteiger partial charge in [-0.2, -0.15) is 0 Å². The Morgan fingerprint density at radius 3 is 1.08 bits per heavy atom. The van der Waals surface area contributed by atoms with E-state index >= 15 is 0 Å². The van der Waals surface area contributed by atoms with Crippen LogP contribution < -0.4 is 18.4 Å². The van der Waals surface area contributed by atoms with E-state index in [1.165, 1.54) is 8.88 Å². The van der Waals surface area contributed by atoms with Crippen molar-refractivity contribution < 1.29 is 9.47 Å². The molecule has 2 aromatic carbocycles. The molecule has 4 nitrogen and oxygen atoms in total. The number of hydrogen-bond acceptors (Lipinski definition) is 4. The van der Waals surface area contributed by atoms with Crippen molar-refractivity contribution in [1.29, 1.82) is 0 Å². The van der Waals surface area contributed by atoms with Crippen LogP contribution in [-0.2, 0) is 0 Å². The predicted octanol–water partition coefficient (Wildman–Crippen LogP) is 8.72. The van der Waals surface area contributed by atoms with Gasteiger partial charge in [0, 0.05) is 0 Å². The van der Waals surface area contributed by atoms with Crippen LogP contribution in [0.4, 0.5) is 11.4 Å². The quantitative estimate of drug-likeness (QED) is 0.379. The second kappa shape index (κ2) is 6.37. The van der Waals surface area contributed by atoms with Crippen molar-refractivity contribution in [3.63, 3.8) is 0 Å². The van der Waals surface area contributed by atoms with E-state index in [0.29, 0.717) is 22.9 Å². The van der Waals surface area contributed by atoms with Crippen LogP contribution in [0.3, 0.4) is 0 Å². The summed E-state index contributed by atoms with van der Waals surface area (Å²) in [4.78, 5) is -8.56. The number of ether oxygens (including phenoxy) is 2. The topological polar surface area (TPSA) is 24.9 Å². The van der Waals surface area contributed by atoms with Gasteiger partial charge in [0.1, 0.15) is 0 Å². The summed E-state index contributed by atoms with van der Waals surface area (Å²) in [6, 6.07) is 13.6. The molecule has 1 aliphatic heterocycles. The van der Waals surface area contributed by atoms with E-state index in [4.69, 9.17) is 76.9 Å². The van der Waals surface area contributed by atoms with Crippen molar-refractivity contribution in [3.8, 4) is 11.5 Å². The molecule has 1 heterocycles. The first-order valence-corrected chi connectivity index (χ1v) is 16.8. The summed E-state index contributed by atoms with van der Waals surface area (Å²) < 4.78 is 13.0. The molecular formula is C14H14Cl6N2O2P2. The zero-order valence-corrected chi connectivity index (χ0v) is 19.8. The van der Waals surface area contributed by atoms with Crippen LogP contribution >= 0.6 is 77.4 Å². The second-order valence-electron chi connectivity index (χ2n) is 5.44. The number of rotatable bonds is 4. The first kappa shape index (κ1) is 21.0. The molecule has 26 heavy (non-hydrogen) atoms. The maximum absolute atomic E-state index is 6.71. The van der Waals surface area contributed by atoms with Crippen LogP contribution in [0.15, 0.2) is 48.5 Å². The van der Waals surface area contributed by atoms with Gasteiger partial charge in [-0.15, -0.1) is 0 Å². The average molecular weight is 517 g/mol. The maximum atomic E-state index is 6.71. The van der Waals surface area contributed by atoms with Gasteiger partial charge in [0.05, 0.1) is 0 Å². The van der Waals surface area contributed by atoms with E-state index in [1.807, 2.05) is 0 Å². The standard InChI is InChI=1S/C14H14Cl6N2O2P2/c1-23-13-7-3-11(4-8-13)21-25(15,16,17)22(26(21,18,19)20)12-5-9-14(24-2)10-6-12/h3-10H,1-2H3. The minimum atomic E-state index is -4.28. The molecule has 0 aromatic heterocycles. The van der Waals surface area contributed by atoms with Crippen molar-refractivity contribution in [2.45, 2.75) is 0 Å². The summed E-state index contributed by atoms with van der Waals surface area (Å²) in [7, 11) is 3.11. The molecule has 1 saturated heterocycles. The molecule has 3 rings (SSSR count). The van der Waals surface area contributed by atoms with Crippen LogP contribution in [0.5, 0.6) is 11.5 Å². The Labute approximate surface area is 180 Å². The fraction of sp³-hybridized carbons (Fsp3) is 0.143. The molecule has 0 aliphatic carbocycles. The number of benzene rings is 2. The normalized spacial score (nSPS) is 24.9. The number of anilines is 2. The fourth-order valence-electron chi connectivity index (χ4n) is 2.74. The third-order valence-corrected chi connectivity index (χ3v) is 20.5. The zero-order chi connectivity index (χ0) is 19.4. The summed E-state index contributed by atoms with van der Waals surface area (Å²) in [6.07, 6.45) is 0. The van der Waals surface area contributed by atoms with Crippen LogP contribution in [0, 0.1) is 0 Å². The Hall–Kier alpha value is 0.240. The summed E-state index contributed by atoms with van der Waals surface area (Å²) in [5, 5.41) is 0. The Bertz CT molecular complexity index is 745. The Kier molecular flexibility index (Phi) is 5.14. The Morgan fingerprint density at radius 2 is 0.846 bits per heavy atom. The van der Waals surface area contributed by atoms with E-state index in [0.717, 1.165) is 0 Å². The van der Waals surface area contributed by atoms with E-state index < -0.39 is 9.93 Å². The van der Waals surface area contributed by atoms with Gasteiger partial charge in [-0.25, -0.2) is 0 Å². The van der Waals surface area contributed by atoms with Gasteiger partial charge in [-0.1, -0.05) is 0 Å². The summed E-state index contributed by atoms with van der Waals surface area (Å²) in [5.74, 6) is 1.28. The number of hydrogen-bond donors (Lipinski definition) is 0. The number of halogens is 6. The third-order valence-electron chi connectivity index (χ3n) is 3.80. The molecule has 0 amide bonds. The molecule has 2 aromatic rings. The van der Waals surface area contributed by atoms with Gasteiger partial charge in [0.15, 0.2) is 0 Å². The van der Waals surface area contributed by atoms with Crippen LogP contribution in [0.2, 0.25) is 0 Å². The summed E-state index contributed by atoms with van der Waals surface area (Å²) >= 11 is 40.3. The predicted molar refractivity (Wildman–Crippen MR) is 120 cm³/mol. The first-order valence-electron chi connectivity index (χ1n) is 7.13. The van der Waals surface area contributed by atoms with Crippen molar-refractivity contribution >= 4 is 88.7 Å². The molecular weight excluding hydrogens is 503 g/mol. The Morgan fingerprint density at radius 1 is 0.577 bits per heavy atom. The zero-order valence-electron chi connectivity index (χ0n) is 13.5. The van der Waals surface area contributed by atoms with E-state index in [1.54, 1.807) is 62.8 Å². The molecule has 0 unspecified atom stereocenters. The average Bonchev–Trinajstić information content (AvgIpc) is 2.53. The van der Waals surface area contributed by atoms with Crippen molar-refractivity contribution in [2.75, 3.05) is 23.1 Å². The van der Waals surface area contributed by atoms with Crippen LogP contribution in [0.25, 0.3) is 0 Å². The Balaban J connectivity index is 2.10. The van der Waals surface area contributed by atoms with E-state index in [9.17, 15) is 0 Å². The van der Waals surface area contributed by atoms with E-state index in [-0.39, 0.29) is 0 Å². The molecule has 144 valence electrons. The molecule has 0 saturated carbocycles. The summed E-state index contributed by atoms with van der Waals surface area (Å²) in [6.45, 7) is 0. The summed E-state index contributed by atoms with van der Waals surface area (Å²) in [5.41, 5.74) is 0.983. The number of methoxy groups -OCH3 is 2. The fourth-order valence-corrected chi connectivity index (χ4v) is 32.0. The van der Waals surface area contributed by atoms with E-state index in [2.05, 4.69) is 0 Å². The molecule has 0 atom stereocenters. The van der Waals surface area contributed by atoms with Crippen molar-refractivity contribution in [3.05, 3.63) is 48.5 Å². The molecule has 12 heteroatoms. The van der Waals surface area contributed by atoms with Gasteiger partial charge in [0.25, 0.3) is 0 Å². The van der Waals surface area contributed by atoms with Crippen molar-refractivity contribution in [2.24, 2.45) is 0 Å². The first-order chi connectivity index (χ1) is 11.9.